The third-order valence-corrected chi connectivity index (χ3v) is 11.1. The van der Waals surface area contributed by atoms with E-state index in [4.69, 9.17) is 43.9 Å². The summed E-state index contributed by atoms with van der Waals surface area (Å²) in [5, 5.41) is 29.4. The number of aromatic nitrogens is 1. The van der Waals surface area contributed by atoms with Crippen molar-refractivity contribution in [2.24, 2.45) is 5.73 Å². The summed E-state index contributed by atoms with van der Waals surface area (Å²) in [5.74, 6) is -4.83. The molecule has 6 N–H and O–H groups in total. The number of aryl methyl sites for hydroxylation is 2. The van der Waals surface area contributed by atoms with E-state index >= 15 is 0 Å². The first-order valence-corrected chi connectivity index (χ1v) is 18.4. The number of nitrogens with two attached hydrogens (primary N) is 1. The van der Waals surface area contributed by atoms with Crippen LogP contribution in [0.1, 0.15) is 25.0 Å². The van der Waals surface area contributed by atoms with E-state index in [1.54, 1.807) is 18.2 Å². The number of thioether (sulfide) groups is 3. The second-order valence-electron chi connectivity index (χ2n) is 10.6. The third-order valence-electron chi connectivity index (χ3n) is 7.00. The smallest absolute Gasteiger partial charge is 0.481 e. The van der Waals surface area contributed by atoms with Gasteiger partial charge < -0.3 is 26.4 Å². The van der Waals surface area contributed by atoms with Gasteiger partial charge in [-0.15, -0.1) is 35.3 Å². The quantitative estimate of drug-likeness (QED) is 0.0978. The molecule has 2 aromatic rings. The summed E-state index contributed by atoms with van der Waals surface area (Å²) in [6, 6.07) is 8.08. The van der Waals surface area contributed by atoms with Gasteiger partial charge in [0, 0.05) is 57.7 Å². The van der Waals surface area contributed by atoms with E-state index in [0.29, 0.717) is 51.4 Å². The third kappa shape index (κ3) is 11.7. The fourth-order valence-corrected chi connectivity index (χ4v) is 8.41. The van der Waals surface area contributed by atoms with Gasteiger partial charge >= 0.3 is 24.1 Å². The van der Waals surface area contributed by atoms with Gasteiger partial charge in [-0.05, 0) is 36.7 Å². The summed E-state index contributed by atoms with van der Waals surface area (Å²) in [5.41, 5.74) is 7.23. The van der Waals surface area contributed by atoms with Gasteiger partial charge in [0.1, 0.15) is 23.7 Å². The molecule has 1 saturated heterocycles. The molecular weight excluding hydrogens is 768 g/mol. The lowest BCUT2D eigenvalue weighted by molar-refractivity contribution is -0.704. The zero-order valence-corrected chi connectivity index (χ0v) is 29.9. The predicted molar refractivity (Wildman–Crippen MR) is 182 cm³/mol. The first-order chi connectivity index (χ1) is 23.5. The van der Waals surface area contributed by atoms with Crippen molar-refractivity contribution in [3.8, 4) is 0 Å². The van der Waals surface area contributed by atoms with Gasteiger partial charge in [-0.3, -0.25) is 19.3 Å². The molecule has 20 heteroatoms. The lowest BCUT2D eigenvalue weighted by Crippen LogP contribution is -2.70. The van der Waals surface area contributed by atoms with Gasteiger partial charge in [-0.2, -0.15) is 13.2 Å². The highest BCUT2D eigenvalue weighted by atomic mass is 35.5. The number of aliphatic carboxylic acids is 3. The molecule has 1 aromatic heterocycles. The largest absolute Gasteiger partial charge is 0.490 e. The molecule has 0 radical (unpaired) electrons. The van der Waals surface area contributed by atoms with Crippen molar-refractivity contribution in [1.29, 1.82) is 0 Å². The second-order valence-corrected chi connectivity index (χ2v) is 14.6. The van der Waals surface area contributed by atoms with Gasteiger partial charge in [0.25, 0.3) is 5.91 Å². The summed E-state index contributed by atoms with van der Waals surface area (Å²) in [4.78, 5) is 60.7. The molecule has 50 heavy (non-hydrogen) atoms. The minimum absolute atomic E-state index is 0.0202. The Hall–Kier alpha value is -3.16. The van der Waals surface area contributed by atoms with Gasteiger partial charge in [0.15, 0.2) is 11.9 Å². The molecule has 1 fully saturated rings. The van der Waals surface area contributed by atoms with E-state index in [-0.39, 0.29) is 23.8 Å². The van der Waals surface area contributed by atoms with Gasteiger partial charge in [-0.25, -0.2) is 14.2 Å². The lowest BCUT2D eigenvalue weighted by Gasteiger charge is -2.49. The summed E-state index contributed by atoms with van der Waals surface area (Å²) in [7, 11) is 0. The molecule has 12 nitrogen and oxygen atoms in total. The van der Waals surface area contributed by atoms with Crippen LogP contribution in [0.5, 0.6) is 0 Å². The molecule has 272 valence electrons. The van der Waals surface area contributed by atoms with Crippen molar-refractivity contribution in [3.63, 3.8) is 0 Å². The van der Waals surface area contributed by atoms with Crippen molar-refractivity contribution in [3.05, 3.63) is 63.5 Å². The highest BCUT2D eigenvalue weighted by molar-refractivity contribution is 8.01. The molecule has 4 rings (SSSR count). The van der Waals surface area contributed by atoms with Crippen molar-refractivity contribution < 1.29 is 57.0 Å². The van der Waals surface area contributed by atoms with Gasteiger partial charge in [-0.1, -0.05) is 23.2 Å². The Morgan fingerprint density at radius 3 is 2.40 bits per heavy atom. The van der Waals surface area contributed by atoms with Crippen molar-refractivity contribution in [2.45, 2.75) is 59.6 Å². The van der Waals surface area contributed by atoms with Crippen LogP contribution in [0.4, 0.5) is 13.2 Å². The van der Waals surface area contributed by atoms with E-state index in [1.807, 2.05) is 18.3 Å². The van der Waals surface area contributed by atoms with Gasteiger partial charge in [0.2, 0.25) is 5.91 Å². The molecule has 2 amide bonds. The topological polar surface area (TPSA) is 191 Å². The van der Waals surface area contributed by atoms with Crippen LogP contribution < -0.4 is 15.6 Å². The lowest BCUT2D eigenvalue weighted by atomic mass is 10.0. The van der Waals surface area contributed by atoms with Crippen molar-refractivity contribution >= 4 is 88.2 Å². The zero-order valence-electron chi connectivity index (χ0n) is 26.0. The molecule has 0 saturated carbocycles. The molecule has 2 aliphatic rings. The van der Waals surface area contributed by atoms with E-state index < -0.39 is 41.4 Å². The van der Waals surface area contributed by atoms with Crippen molar-refractivity contribution in [2.75, 3.05) is 23.8 Å². The fraction of sp³-hybridized carbons (Fsp3) is 0.400. The number of carboxylic acid groups (broad SMARTS) is 3. The number of benzene rings is 1. The van der Waals surface area contributed by atoms with Crippen LogP contribution in [0.15, 0.2) is 57.6 Å². The number of hydrogen-bond donors (Lipinski definition) is 5. The predicted octanol–water partition coefficient (Wildman–Crippen LogP) is 4.29. The minimum atomic E-state index is -5.08. The molecule has 2 aliphatic heterocycles. The number of nitrogens with zero attached hydrogens (tertiary/aromatic N) is 2. The maximum absolute atomic E-state index is 13.1. The molecular formula is C30H32Cl2F3N4O8S3+. The fourth-order valence-electron chi connectivity index (χ4n) is 4.67. The second kappa shape index (κ2) is 18.9. The summed E-state index contributed by atoms with van der Waals surface area (Å²) >= 11 is 16.2. The van der Waals surface area contributed by atoms with Crippen LogP contribution in [0.3, 0.4) is 0 Å². The van der Waals surface area contributed by atoms with Crippen LogP contribution in [-0.4, -0.2) is 91.3 Å². The minimum Gasteiger partial charge on any atom is -0.481 e. The summed E-state index contributed by atoms with van der Waals surface area (Å²) < 4.78 is 33.8. The summed E-state index contributed by atoms with van der Waals surface area (Å²) in [6.07, 6.45) is -1.19. The average molecular weight is 801 g/mol. The Morgan fingerprint density at radius 1 is 1.08 bits per heavy atom. The normalized spacial score (nSPS) is 16.9. The number of amides is 2. The Labute approximate surface area is 306 Å². The maximum atomic E-state index is 13.1. The molecule has 0 spiro atoms. The standard InChI is InChI=1S/C28H30Cl2N4O6S3.C2HF3O2/c29-17-5-6-20(30)21(11-17)42-15-22(35)32-24-26(38)34-25(28(39)40)16(14-43-27(24)34)13-41-19-7-10-33(9-2-8-31)18(12-19)3-1-4-23(36)37;3-2(4,5)1(6)7/h5-7,10-12,24,27H,1-4,8-9,13-15,31H2,(H2-,32,35,36,37,39,40);(H,6,7)/p+1/t24-,27-;/m1./s1. The molecule has 0 unspecified atom stereocenters. The van der Waals surface area contributed by atoms with Crippen LogP contribution in [0.2, 0.25) is 10.0 Å². The number of rotatable bonds is 15. The number of carbonyl (C=O) groups is 5. The van der Waals surface area contributed by atoms with E-state index in [1.165, 1.54) is 40.2 Å². The first kappa shape index (κ1) is 41.3. The number of β-lactam (4-membered cyclic amide) rings is 1. The van der Waals surface area contributed by atoms with Gasteiger partial charge in [0.05, 0.1) is 10.8 Å². The number of nitrogens with one attached hydrogen (secondary N) is 1. The SMILES string of the molecule is NCCC[n+]1ccc(SCC2=C(C(=O)O)N3C(=O)[C@@H](NC(=O)CSc4cc(Cl)ccc4Cl)[C@H]3SC2)cc1CCCC(=O)O.O=C(O)C(F)(F)F. The summed E-state index contributed by atoms with van der Waals surface area (Å²) in [6.45, 7) is 1.26. The Balaban J connectivity index is 0.000000872. The molecule has 3 heterocycles. The Kier molecular flexibility index (Phi) is 15.6. The highest BCUT2D eigenvalue weighted by Crippen LogP contribution is 2.42. The highest BCUT2D eigenvalue weighted by Gasteiger charge is 2.54. The van der Waals surface area contributed by atoms with Crippen molar-refractivity contribution in [1.82, 2.24) is 10.2 Å². The zero-order chi connectivity index (χ0) is 37.2. The monoisotopic (exact) mass is 799 g/mol. The number of alkyl halides is 3. The number of halogens is 5. The molecule has 0 aliphatic carbocycles. The number of carbonyl (C=O) groups excluding carboxylic acids is 2. The van der Waals surface area contributed by atoms with Crippen LogP contribution >= 0.6 is 58.5 Å². The molecule has 2 atom stereocenters. The first-order valence-electron chi connectivity index (χ1n) is 14.7. The van der Waals surface area contributed by atoms with Crippen LogP contribution in [0.25, 0.3) is 0 Å². The average Bonchev–Trinajstić information content (AvgIpc) is 3.05. The molecule has 1 aromatic carbocycles. The van der Waals surface area contributed by atoms with E-state index in [9.17, 15) is 37.5 Å². The maximum Gasteiger partial charge on any atom is 0.490 e. The number of hydrogen-bond acceptors (Lipinski definition) is 9. The number of pyridine rings is 1. The van der Waals surface area contributed by atoms with Crippen LogP contribution in [0, 0.1) is 0 Å². The van der Waals surface area contributed by atoms with E-state index in [2.05, 4.69) is 9.88 Å². The number of carboxylic acids is 3. The Morgan fingerprint density at radius 2 is 1.78 bits per heavy atom. The Bertz CT molecular complexity index is 1650. The van der Waals surface area contributed by atoms with Crippen LogP contribution in [-0.2, 0) is 36.9 Å². The number of fused-ring (bicyclic) bond motifs is 1. The molecule has 0 bridgehead atoms. The van der Waals surface area contributed by atoms with E-state index in [0.717, 1.165) is 23.6 Å².